The Morgan fingerprint density at radius 2 is 1.05 bits per heavy atom. The van der Waals surface area contributed by atoms with Gasteiger partial charge >= 0.3 is 102 Å². The number of aliphatic hydroxyl groups excluding tert-OH is 2. The quantitative estimate of drug-likeness (QED) is 0.228. The Balaban J connectivity index is -0.00000000720. The topological polar surface area (TPSA) is 191 Å². The molecule has 0 fully saturated rings. The van der Waals surface area contributed by atoms with Crippen LogP contribution < -0.4 is 94.8 Å². The van der Waals surface area contributed by atoms with Crippen molar-refractivity contribution in [3.05, 3.63) is 0 Å². The van der Waals surface area contributed by atoms with Crippen molar-refractivity contribution in [3.63, 3.8) is 0 Å². The fraction of sp³-hybridized carbons (Fsp3) is 0.750. The summed E-state index contributed by atoms with van der Waals surface area (Å²) in [5.41, 5.74) is 0. The molecule has 0 aliphatic carbocycles. The van der Waals surface area contributed by atoms with Crippen molar-refractivity contribution in [1.29, 1.82) is 0 Å². The minimum atomic E-state index is -1.83. The minimum absolute atomic E-state index is 0. The molecule has 0 unspecified atom stereocenters. The standard InChI is InChI=1S/2C3H8O.2CH2O3.H3N.3Na.3H/c1-3(2)4;1-2-3-4;2*2-1(3)4;;;;;;;/h3-4H,1-2H3;4H,2-3H2,1H3;2*(H2,2,3,4);1H3;;;;;;/q;;;;;3*+1;3*-1/p+1. The average Bonchev–Trinajstić information content (AvgIpc) is 2.00. The fourth-order valence-electron chi connectivity index (χ4n) is 0. The van der Waals surface area contributed by atoms with Gasteiger partial charge in [-0.15, -0.1) is 0 Å². The molecule has 9 N–H and O–H groups in total. The molecule has 0 atom stereocenters. The summed E-state index contributed by atoms with van der Waals surface area (Å²) in [6.45, 7) is 5.69. The van der Waals surface area contributed by atoms with Crippen LogP contribution in [-0.2, 0) is 0 Å². The number of rotatable bonds is 1. The Morgan fingerprint density at radius 3 is 1.05 bits per heavy atom. The van der Waals surface area contributed by atoms with E-state index >= 15 is 0 Å². The SMILES string of the molecule is CC(C)O.CCCO.N.O=C(O)O.O=C(O)O.[H+].[H-].[H-].[H-].[Na+].[Na+].[Na+]. The molecule has 12 heteroatoms. The summed E-state index contributed by atoms with van der Waals surface area (Å²) in [5.74, 6) is 0. The largest absolute Gasteiger partial charge is 1.00 e. The van der Waals surface area contributed by atoms with E-state index in [4.69, 9.17) is 40.2 Å². The van der Waals surface area contributed by atoms with Crippen LogP contribution in [0.5, 0.6) is 0 Å². The maximum atomic E-state index is 8.56. The summed E-state index contributed by atoms with van der Waals surface area (Å²) >= 11 is 0. The van der Waals surface area contributed by atoms with Gasteiger partial charge in [-0.3, -0.25) is 0 Å². The molecule has 0 aromatic heterocycles. The van der Waals surface area contributed by atoms with Gasteiger partial charge in [0.15, 0.2) is 0 Å². The van der Waals surface area contributed by atoms with Crippen molar-refractivity contribution in [2.24, 2.45) is 0 Å². The Hall–Kier alpha value is 1.42. The van der Waals surface area contributed by atoms with E-state index < -0.39 is 12.3 Å². The molecule has 0 radical (unpaired) electrons. The number of aliphatic hydroxyl groups is 2. The van der Waals surface area contributed by atoms with E-state index in [1.165, 1.54) is 0 Å². The third-order valence-corrected chi connectivity index (χ3v) is 0.224. The summed E-state index contributed by atoms with van der Waals surface area (Å²) in [5, 5.41) is 43.8. The smallest absolute Gasteiger partial charge is 1.00 e. The normalized spacial score (nSPS) is 5.70. The Labute approximate surface area is 191 Å². The summed E-state index contributed by atoms with van der Waals surface area (Å²) in [7, 11) is 0. The number of hydrogen-bond acceptors (Lipinski definition) is 5. The van der Waals surface area contributed by atoms with Crippen LogP contribution in [0, 0.1) is 0 Å². The van der Waals surface area contributed by atoms with E-state index in [1.54, 1.807) is 13.8 Å². The van der Waals surface area contributed by atoms with Gasteiger partial charge in [0.05, 0.1) is 0 Å². The van der Waals surface area contributed by atoms with E-state index in [-0.39, 0.29) is 107 Å². The molecule has 0 aliphatic heterocycles. The van der Waals surface area contributed by atoms with Gasteiger partial charge in [0.2, 0.25) is 0 Å². The van der Waals surface area contributed by atoms with Gasteiger partial charge < -0.3 is 41.1 Å². The van der Waals surface area contributed by atoms with Gasteiger partial charge in [0, 0.05) is 12.7 Å². The van der Waals surface area contributed by atoms with Crippen molar-refractivity contribution >= 4 is 12.3 Å². The second-order valence-electron chi connectivity index (χ2n) is 2.38. The van der Waals surface area contributed by atoms with Crippen LogP contribution in [0.2, 0.25) is 0 Å². The van der Waals surface area contributed by atoms with E-state index in [0.29, 0.717) is 6.61 Å². The van der Waals surface area contributed by atoms with Gasteiger partial charge in [-0.25, -0.2) is 9.59 Å². The van der Waals surface area contributed by atoms with Crippen molar-refractivity contribution < 1.29 is 135 Å². The molecule has 20 heavy (non-hydrogen) atoms. The fourth-order valence-corrected chi connectivity index (χ4v) is 0. The summed E-state index contributed by atoms with van der Waals surface area (Å²) in [4.78, 5) is 17.1. The average molecular weight is 334 g/mol. The van der Waals surface area contributed by atoms with Crippen LogP contribution in [0.3, 0.4) is 0 Å². The van der Waals surface area contributed by atoms with Gasteiger partial charge in [-0.05, 0) is 20.3 Å². The van der Waals surface area contributed by atoms with Crippen LogP contribution in [0.4, 0.5) is 9.59 Å². The second kappa shape index (κ2) is 49.9. The van der Waals surface area contributed by atoms with Crippen molar-refractivity contribution in [3.8, 4) is 0 Å². The first-order valence-electron chi connectivity index (χ1n) is 4.24. The van der Waals surface area contributed by atoms with E-state index in [1.807, 2.05) is 6.92 Å². The Kier molecular flexibility index (Phi) is 124. The molecule has 0 aliphatic rings. The Morgan fingerprint density at radius 1 is 1.00 bits per heavy atom. The van der Waals surface area contributed by atoms with Crippen LogP contribution in [0.1, 0.15) is 32.9 Å². The first kappa shape index (κ1) is 49.6. The van der Waals surface area contributed by atoms with Crippen LogP contribution in [-0.4, -0.2) is 55.7 Å². The van der Waals surface area contributed by atoms with E-state index in [9.17, 15) is 0 Å². The Bertz CT molecular complexity index is 154. The molecule has 0 aromatic rings. The monoisotopic (exact) mass is 334 g/mol. The summed E-state index contributed by atoms with van der Waals surface area (Å²) in [6.07, 6.45) is -2.96. The van der Waals surface area contributed by atoms with E-state index in [2.05, 4.69) is 0 Å². The van der Waals surface area contributed by atoms with Crippen LogP contribution in [0.25, 0.3) is 0 Å². The summed E-state index contributed by atoms with van der Waals surface area (Å²) < 4.78 is 0. The molecule has 0 saturated heterocycles. The minimum Gasteiger partial charge on any atom is -1.00 e. The zero-order valence-corrected chi connectivity index (χ0v) is 19.2. The van der Waals surface area contributed by atoms with Crippen molar-refractivity contribution in [1.82, 2.24) is 6.15 Å². The van der Waals surface area contributed by atoms with Crippen molar-refractivity contribution in [2.75, 3.05) is 6.61 Å². The molecular weight excluding hydrogens is 307 g/mol. The number of hydrogen-bond donors (Lipinski definition) is 7. The molecular formula is C8H27NNa3O8+. The maximum Gasteiger partial charge on any atom is 1.00 e. The third kappa shape index (κ3) is 1130. The molecule has 0 saturated carbocycles. The molecule has 0 aromatic carbocycles. The third-order valence-electron chi connectivity index (χ3n) is 0.224. The zero-order valence-electron chi connectivity index (χ0n) is 17.2. The maximum absolute atomic E-state index is 8.56. The van der Waals surface area contributed by atoms with Gasteiger partial charge in [-0.2, -0.15) is 0 Å². The molecule has 9 nitrogen and oxygen atoms in total. The predicted octanol–water partition coefficient (Wildman–Crippen LogP) is -7.16. The molecule has 0 rings (SSSR count). The van der Waals surface area contributed by atoms with Crippen LogP contribution in [0.15, 0.2) is 0 Å². The first-order valence-corrected chi connectivity index (χ1v) is 4.24. The molecule has 0 amide bonds. The predicted molar refractivity (Wildman–Crippen MR) is 65.5 cm³/mol. The molecule has 0 bridgehead atoms. The molecule has 0 heterocycles. The number of carbonyl (C=O) groups is 2. The summed E-state index contributed by atoms with van der Waals surface area (Å²) in [6, 6.07) is 0. The van der Waals surface area contributed by atoms with Crippen molar-refractivity contribution in [2.45, 2.75) is 33.3 Å². The zero-order chi connectivity index (χ0) is 14.1. The van der Waals surface area contributed by atoms with Gasteiger partial charge in [0.1, 0.15) is 0 Å². The van der Waals surface area contributed by atoms with Crippen LogP contribution >= 0.6 is 0 Å². The second-order valence-corrected chi connectivity index (χ2v) is 2.38. The van der Waals surface area contributed by atoms with E-state index in [0.717, 1.165) is 6.42 Å². The number of carboxylic acid groups (broad SMARTS) is 4. The van der Waals surface area contributed by atoms with Gasteiger partial charge in [-0.1, -0.05) is 6.92 Å². The molecule has 114 valence electrons. The molecule has 0 spiro atoms. The van der Waals surface area contributed by atoms with Gasteiger partial charge in [0.25, 0.3) is 0 Å². The first-order chi connectivity index (χ1) is 7.11.